The Balaban J connectivity index is 1.97. The Morgan fingerprint density at radius 3 is 2.55 bits per heavy atom. The molecule has 29 heavy (non-hydrogen) atoms. The molecule has 2 rings (SSSR count). The summed E-state index contributed by atoms with van der Waals surface area (Å²) < 4.78 is 32.3. The van der Waals surface area contributed by atoms with Gasteiger partial charge >= 0.3 is 0 Å². The van der Waals surface area contributed by atoms with E-state index in [1.54, 1.807) is 24.3 Å². The molecule has 0 aliphatic heterocycles. The Hall–Kier alpha value is -2.42. The van der Waals surface area contributed by atoms with E-state index in [-0.39, 0.29) is 28.1 Å². The Kier molecular flexibility index (Phi) is 8.19. The number of halogens is 1. The molecule has 0 unspecified atom stereocenters. The van der Waals surface area contributed by atoms with Gasteiger partial charge in [0, 0.05) is 17.8 Å². The van der Waals surface area contributed by atoms with Crippen molar-refractivity contribution in [3.05, 3.63) is 53.1 Å². The van der Waals surface area contributed by atoms with Crippen LogP contribution in [0.15, 0.2) is 47.4 Å². The monoisotopic (exact) mass is 438 g/mol. The van der Waals surface area contributed by atoms with Gasteiger partial charge in [0.15, 0.2) is 12.4 Å². The summed E-state index contributed by atoms with van der Waals surface area (Å²) in [5.74, 6) is -0.366. The minimum atomic E-state index is -3.65. The molecule has 0 aliphatic rings. The minimum Gasteiger partial charge on any atom is -0.482 e. The van der Waals surface area contributed by atoms with Crippen LogP contribution in [0.3, 0.4) is 0 Å². The summed E-state index contributed by atoms with van der Waals surface area (Å²) in [6, 6.07) is 10.6. The molecule has 2 aromatic rings. The molecule has 0 spiro atoms. The summed E-state index contributed by atoms with van der Waals surface area (Å²) >= 11 is 6.11. The van der Waals surface area contributed by atoms with Gasteiger partial charge in [-0.1, -0.05) is 37.1 Å². The van der Waals surface area contributed by atoms with Crippen molar-refractivity contribution in [2.75, 3.05) is 18.5 Å². The lowest BCUT2D eigenvalue weighted by Crippen LogP contribution is -2.24. The van der Waals surface area contributed by atoms with E-state index in [4.69, 9.17) is 16.3 Å². The summed E-state index contributed by atoms with van der Waals surface area (Å²) in [6.07, 6.45) is 1.61. The minimum absolute atomic E-state index is 0.0245. The lowest BCUT2D eigenvalue weighted by molar-refractivity contribution is -0.118. The predicted molar refractivity (Wildman–Crippen MR) is 112 cm³/mol. The number of rotatable bonds is 10. The average Bonchev–Trinajstić information content (AvgIpc) is 2.67. The van der Waals surface area contributed by atoms with E-state index in [1.807, 2.05) is 6.92 Å². The average molecular weight is 439 g/mol. The lowest BCUT2D eigenvalue weighted by atomic mass is 10.1. The van der Waals surface area contributed by atoms with Crippen LogP contribution in [0.25, 0.3) is 0 Å². The maximum atomic E-state index is 12.2. The van der Waals surface area contributed by atoms with E-state index >= 15 is 0 Å². The van der Waals surface area contributed by atoms with E-state index in [0.29, 0.717) is 17.8 Å². The largest absolute Gasteiger partial charge is 0.482 e. The number of amides is 1. The number of carbonyl (C=O) groups is 2. The van der Waals surface area contributed by atoms with E-state index in [9.17, 15) is 18.0 Å². The van der Waals surface area contributed by atoms with E-state index < -0.39 is 15.9 Å². The van der Waals surface area contributed by atoms with Crippen molar-refractivity contribution in [1.82, 2.24) is 4.72 Å². The van der Waals surface area contributed by atoms with Crippen LogP contribution < -0.4 is 14.8 Å². The molecule has 0 aliphatic carbocycles. The van der Waals surface area contributed by atoms with Crippen molar-refractivity contribution in [1.29, 1.82) is 0 Å². The molecule has 0 heterocycles. The number of carbonyl (C=O) groups excluding carboxylic acids is 2. The molecule has 9 heteroatoms. The number of ketones is 1. The Labute approximate surface area is 175 Å². The first kappa shape index (κ1) is 22.9. The van der Waals surface area contributed by atoms with Gasteiger partial charge < -0.3 is 10.1 Å². The Bertz CT molecular complexity index is 992. The van der Waals surface area contributed by atoms with Gasteiger partial charge in [-0.15, -0.1) is 0 Å². The van der Waals surface area contributed by atoms with Crippen molar-refractivity contribution in [3.63, 3.8) is 0 Å². The van der Waals surface area contributed by atoms with Crippen LogP contribution in [0.5, 0.6) is 5.75 Å². The Morgan fingerprint density at radius 2 is 1.90 bits per heavy atom. The Morgan fingerprint density at radius 1 is 1.14 bits per heavy atom. The molecule has 0 bridgehead atoms. The second-order valence-electron chi connectivity index (χ2n) is 6.32. The molecule has 156 valence electrons. The lowest BCUT2D eigenvalue weighted by Gasteiger charge is -2.11. The molecule has 0 aromatic heterocycles. The maximum Gasteiger partial charge on any atom is 0.262 e. The van der Waals surface area contributed by atoms with Crippen LogP contribution in [-0.4, -0.2) is 33.3 Å². The summed E-state index contributed by atoms with van der Waals surface area (Å²) in [4.78, 5) is 23.5. The van der Waals surface area contributed by atoms with E-state index in [0.717, 1.165) is 12.8 Å². The van der Waals surface area contributed by atoms with Gasteiger partial charge in [0.25, 0.3) is 5.91 Å². The number of unbranched alkanes of at least 4 members (excludes halogenated alkanes) is 1. The van der Waals surface area contributed by atoms with Crippen LogP contribution in [0.2, 0.25) is 5.02 Å². The van der Waals surface area contributed by atoms with Crippen molar-refractivity contribution in [3.8, 4) is 5.75 Å². The first-order valence-corrected chi connectivity index (χ1v) is 10.9. The molecule has 2 N–H and O–H groups in total. The van der Waals surface area contributed by atoms with E-state index in [1.165, 1.54) is 25.1 Å². The molecule has 7 nitrogen and oxygen atoms in total. The van der Waals surface area contributed by atoms with E-state index in [2.05, 4.69) is 10.0 Å². The highest BCUT2D eigenvalue weighted by Gasteiger charge is 2.16. The van der Waals surface area contributed by atoms with Crippen molar-refractivity contribution < 1.29 is 22.7 Å². The van der Waals surface area contributed by atoms with Gasteiger partial charge in [-0.2, -0.15) is 0 Å². The molecule has 0 radical (unpaired) electrons. The fourth-order valence-corrected chi connectivity index (χ4v) is 3.79. The maximum absolute atomic E-state index is 12.2. The zero-order chi connectivity index (χ0) is 21.4. The van der Waals surface area contributed by atoms with Crippen LogP contribution >= 0.6 is 11.6 Å². The summed E-state index contributed by atoms with van der Waals surface area (Å²) in [5, 5.41) is 2.70. The number of hydrogen-bond donors (Lipinski definition) is 2. The molecule has 0 saturated heterocycles. The molecule has 0 fully saturated rings. The number of anilines is 1. The third-order valence-electron chi connectivity index (χ3n) is 3.95. The normalized spacial score (nSPS) is 11.1. The van der Waals surface area contributed by atoms with Crippen molar-refractivity contribution >= 4 is 39.0 Å². The van der Waals surface area contributed by atoms with Gasteiger partial charge in [0.2, 0.25) is 10.0 Å². The van der Waals surface area contributed by atoms with Gasteiger partial charge in [-0.25, -0.2) is 13.1 Å². The van der Waals surface area contributed by atoms with Crippen LogP contribution in [-0.2, 0) is 14.8 Å². The SMILES string of the molecule is CCCCNS(=O)(=O)c1ccc(OCC(=O)Nc2cccc(C(C)=O)c2)c(Cl)c1. The van der Waals surface area contributed by atoms with Crippen molar-refractivity contribution in [2.24, 2.45) is 0 Å². The number of nitrogens with one attached hydrogen (secondary N) is 2. The quantitative estimate of drug-likeness (QED) is 0.435. The molecule has 0 saturated carbocycles. The highest BCUT2D eigenvalue weighted by atomic mass is 35.5. The third-order valence-corrected chi connectivity index (χ3v) is 5.70. The standard InChI is InChI=1S/C20H23ClN2O5S/c1-3-4-10-22-29(26,27)17-8-9-19(18(21)12-17)28-13-20(25)23-16-7-5-6-15(11-16)14(2)24/h5-9,11-12,22H,3-4,10,13H2,1-2H3,(H,23,25). The molecular formula is C20H23ClN2O5S. The fraction of sp³-hybridized carbons (Fsp3) is 0.300. The highest BCUT2D eigenvalue weighted by Crippen LogP contribution is 2.27. The van der Waals surface area contributed by atoms with Crippen LogP contribution in [0.1, 0.15) is 37.0 Å². The predicted octanol–water partition coefficient (Wildman–Crippen LogP) is 3.64. The molecule has 2 aromatic carbocycles. The number of ether oxygens (including phenoxy) is 1. The van der Waals surface area contributed by atoms with Crippen LogP contribution in [0.4, 0.5) is 5.69 Å². The third kappa shape index (κ3) is 6.85. The van der Waals surface area contributed by atoms with Crippen LogP contribution in [0, 0.1) is 0 Å². The number of benzene rings is 2. The smallest absolute Gasteiger partial charge is 0.262 e. The summed E-state index contributed by atoms with van der Waals surface area (Å²) in [6.45, 7) is 3.42. The van der Waals surface area contributed by atoms with Gasteiger partial charge in [0.1, 0.15) is 5.75 Å². The summed E-state index contributed by atoms with van der Waals surface area (Å²) in [7, 11) is -3.65. The zero-order valence-corrected chi connectivity index (χ0v) is 17.8. The second-order valence-corrected chi connectivity index (χ2v) is 8.49. The van der Waals surface area contributed by atoms with Crippen molar-refractivity contribution in [2.45, 2.75) is 31.6 Å². The first-order chi connectivity index (χ1) is 13.7. The van der Waals surface area contributed by atoms with Gasteiger partial charge in [-0.05, 0) is 43.7 Å². The topological polar surface area (TPSA) is 102 Å². The first-order valence-electron chi connectivity index (χ1n) is 9.06. The van der Waals surface area contributed by atoms with Gasteiger partial charge in [0.05, 0.1) is 9.92 Å². The number of sulfonamides is 1. The fourth-order valence-electron chi connectivity index (χ4n) is 2.39. The molecular weight excluding hydrogens is 416 g/mol. The number of hydrogen-bond acceptors (Lipinski definition) is 5. The summed E-state index contributed by atoms with van der Waals surface area (Å²) in [5.41, 5.74) is 0.952. The zero-order valence-electron chi connectivity index (χ0n) is 16.2. The highest BCUT2D eigenvalue weighted by molar-refractivity contribution is 7.89. The number of Topliss-reactive ketones (excluding diaryl/α,β-unsaturated/α-hetero) is 1. The molecule has 1 amide bonds. The molecule has 0 atom stereocenters. The van der Waals surface area contributed by atoms with Gasteiger partial charge in [-0.3, -0.25) is 9.59 Å². The second kappa shape index (κ2) is 10.4.